The summed E-state index contributed by atoms with van der Waals surface area (Å²) in [4.78, 5) is 4.47. The van der Waals surface area contributed by atoms with Gasteiger partial charge in [-0.25, -0.2) is 10.1 Å². The van der Waals surface area contributed by atoms with Gasteiger partial charge >= 0.3 is 0 Å². The maximum absolute atomic E-state index is 13.3. The lowest BCUT2D eigenvalue weighted by molar-refractivity contribution is 0.536. The van der Waals surface area contributed by atoms with E-state index in [2.05, 4.69) is 30.2 Å². The van der Waals surface area contributed by atoms with Gasteiger partial charge < -0.3 is 0 Å². The molecule has 0 aliphatic rings. The van der Waals surface area contributed by atoms with E-state index in [-0.39, 0.29) is 0 Å². The molecule has 0 saturated heterocycles. The molecule has 0 aromatic heterocycles. The number of rotatable bonds is 10. The number of hydrogen-bond acceptors (Lipinski definition) is 4. The third-order valence-electron chi connectivity index (χ3n) is 3.14. The summed E-state index contributed by atoms with van der Waals surface area (Å²) in [6.45, 7) is 2.21. The molecule has 0 spiro atoms. The molecule has 0 saturated carbocycles. The van der Waals surface area contributed by atoms with Crippen LogP contribution >= 0.6 is 29.8 Å². The van der Waals surface area contributed by atoms with Crippen LogP contribution < -0.4 is 5.09 Å². The van der Waals surface area contributed by atoms with Crippen molar-refractivity contribution < 1.29 is 4.57 Å². The minimum absolute atomic E-state index is 0.334. The van der Waals surface area contributed by atoms with Gasteiger partial charge in [-0.1, -0.05) is 43.4 Å². The summed E-state index contributed by atoms with van der Waals surface area (Å²) in [5.74, 6) is 0.910. The highest BCUT2D eigenvalue weighted by Crippen LogP contribution is 2.59. The van der Waals surface area contributed by atoms with Gasteiger partial charge in [-0.05, 0) is 31.9 Å². The van der Waals surface area contributed by atoms with Crippen LogP contribution in [0.15, 0.2) is 35.3 Å². The molecule has 0 aliphatic carbocycles. The molecule has 0 bridgehead atoms. The first-order valence-electron chi connectivity index (χ1n) is 7.38. The number of nitrogens with zero attached hydrogens (tertiary/aromatic N) is 2. The van der Waals surface area contributed by atoms with Crippen molar-refractivity contribution in [2.75, 3.05) is 25.6 Å². The Bertz CT molecular complexity index is 499. The van der Waals surface area contributed by atoms with Gasteiger partial charge in [-0.2, -0.15) is 11.8 Å². The van der Waals surface area contributed by atoms with Crippen LogP contribution in [-0.4, -0.2) is 41.9 Å². The van der Waals surface area contributed by atoms with E-state index >= 15 is 0 Å². The zero-order valence-electron chi connectivity index (χ0n) is 13.7. The van der Waals surface area contributed by atoms with Crippen LogP contribution in [0.25, 0.3) is 0 Å². The minimum Gasteiger partial charge on any atom is -0.293 e. The fourth-order valence-corrected chi connectivity index (χ4v) is 6.80. The van der Waals surface area contributed by atoms with Crippen molar-refractivity contribution in [3.63, 3.8) is 0 Å². The van der Waals surface area contributed by atoms with E-state index in [0.29, 0.717) is 11.8 Å². The quantitative estimate of drug-likeness (QED) is 0.367. The maximum Gasteiger partial charge on any atom is 0.293 e. The molecule has 0 radical (unpaired) electrons. The topological polar surface area (TPSA) is 44.7 Å². The molecule has 0 fully saturated rings. The van der Waals surface area contributed by atoms with Crippen molar-refractivity contribution in [1.29, 1.82) is 0 Å². The molecule has 0 heterocycles. The molecule has 1 aromatic rings. The summed E-state index contributed by atoms with van der Waals surface area (Å²) in [5, 5.41) is 3.37. The SMILES string of the molecule is CCC(C)SP(=O)(NC)N(C=Nc1ccccc1)CCSC. The summed E-state index contributed by atoms with van der Waals surface area (Å²) in [6.07, 6.45) is 4.76. The summed E-state index contributed by atoms with van der Waals surface area (Å²) in [6, 6.07) is 9.74. The molecule has 124 valence electrons. The minimum atomic E-state index is -2.71. The van der Waals surface area contributed by atoms with E-state index in [4.69, 9.17) is 0 Å². The zero-order valence-corrected chi connectivity index (χ0v) is 16.3. The second-order valence-corrected chi connectivity index (χ2v) is 10.9. The van der Waals surface area contributed by atoms with Crippen molar-refractivity contribution in [2.45, 2.75) is 25.5 Å². The number of benzene rings is 1. The number of thioether (sulfide) groups is 1. The third kappa shape index (κ3) is 6.37. The van der Waals surface area contributed by atoms with E-state index in [1.807, 2.05) is 35.0 Å². The summed E-state index contributed by atoms with van der Waals surface area (Å²) < 4.78 is 15.1. The molecule has 2 atom stereocenters. The Balaban J connectivity index is 2.94. The highest BCUT2D eigenvalue weighted by molar-refractivity contribution is 8.57. The number of aliphatic imine (C=N–C) groups is 1. The van der Waals surface area contributed by atoms with E-state index < -0.39 is 6.65 Å². The first-order chi connectivity index (χ1) is 10.6. The fraction of sp³-hybridized carbons (Fsp3) is 0.533. The van der Waals surface area contributed by atoms with Crippen LogP contribution in [0.4, 0.5) is 5.69 Å². The zero-order chi connectivity index (χ0) is 16.4. The fourth-order valence-electron chi connectivity index (χ4n) is 1.65. The average molecular weight is 360 g/mol. The van der Waals surface area contributed by atoms with E-state index in [0.717, 1.165) is 17.9 Å². The molecular formula is C15H26N3OPS2. The molecule has 7 heteroatoms. The molecule has 1 rings (SSSR count). The molecule has 1 N–H and O–H groups in total. The Kier molecular flexibility index (Phi) is 9.25. The second kappa shape index (κ2) is 10.4. The molecular weight excluding hydrogens is 333 g/mol. The van der Waals surface area contributed by atoms with Gasteiger partial charge in [0.25, 0.3) is 6.65 Å². The highest BCUT2D eigenvalue weighted by Gasteiger charge is 2.29. The van der Waals surface area contributed by atoms with Crippen LogP contribution in [0, 0.1) is 0 Å². The van der Waals surface area contributed by atoms with Crippen LogP contribution in [0.1, 0.15) is 20.3 Å². The molecule has 2 unspecified atom stereocenters. The van der Waals surface area contributed by atoms with Crippen LogP contribution in [0.3, 0.4) is 0 Å². The third-order valence-corrected chi connectivity index (χ3v) is 9.37. The molecule has 0 aliphatic heterocycles. The molecule has 1 aromatic carbocycles. The molecule has 22 heavy (non-hydrogen) atoms. The van der Waals surface area contributed by atoms with Gasteiger partial charge in [0.05, 0.1) is 12.0 Å². The average Bonchev–Trinajstić information content (AvgIpc) is 2.55. The Hall–Kier alpha value is -0.420. The standard InChI is InChI=1S/C15H26N3OPS2/c1-5-14(2)22-20(19,16-3)18(11-12-21-4)13-17-15-9-7-6-8-10-15/h6-10,13-14H,5,11-12H2,1-4H3,(H,16,19). The maximum atomic E-state index is 13.3. The van der Waals surface area contributed by atoms with Gasteiger partial charge in [-0.15, -0.1) is 0 Å². The molecule has 4 nitrogen and oxygen atoms in total. The Labute approximate surface area is 142 Å². The lowest BCUT2D eigenvalue weighted by Gasteiger charge is -2.30. The smallest absolute Gasteiger partial charge is 0.293 e. The van der Waals surface area contributed by atoms with Gasteiger partial charge in [0.2, 0.25) is 0 Å². The number of para-hydroxylation sites is 1. The van der Waals surface area contributed by atoms with E-state index in [1.165, 1.54) is 11.4 Å². The summed E-state index contributed by atoms with van der Waals surface area (Å²) >= 11 is 3.25. The van der Waals surface area contributed by atoms with Crippen molar-refractivity contribution >= 4 is 41.8 Å². The normalized spacial score (nSPS) is 15.6. The lowest BCUT2D eigenvalue weighted by atomic mass is 10.3. The Morgan fingerprint density at radius 2 is 2.09 bits per heavy atom. The Morgan fingerprint density at radius 1 is 1.41 bits per heavy atom. The summed E-state index contributed by atoms with van der Waals surface area (Å²) in [7, 11) is 1.76. The van der Waals surface area contributed by atoms with Crippen molar-refractivity contribution in [3.05, 3.63) is 30.3 Å². The van der Waals surface area contributed by atoms with Crippen molar-refractivity contribution in [2.24, 2.45) is 4.99 Å². The van der Waals surface area contributed by atoms with Gasteiger partial charge in [0, 0.05) is 17.5 Å². The van der Waals surface area contributed by atoms with Crippen LogP contribution in [0.5, 0.6) is 0 Å². The largest absolute Gasteiger partial charge is 0.293 e. The highest BCUT2D eigenvalue weighted by atomic mass is 32.7. The van der Waals surface area contributed by atoms with Crippen LogP contribution in [0.2, 0.25) is 0 Å². The van der Waals surface area contributed by atoms with Gasteiger partial charge in [-0.3, -0.25) is 9.24 Å². The summed E-state index contributed by atoms with van der Waals surface area (Å²) in [5.41, 5.74) is 0.868. The van der Waals surface area contributed by atoms with E-state index in [9.17, 15) is 4.57 Å². The van der Waals surface area contributed by atoms with Crippen LogP contribution in [-0.2, 0) is 4.57 Å². The number of hydrogen-bond donors (Lipinski definition) is 1. The van der Waals surface area contributed by atoms with Gasteiger partial charge in [0.1, 0.15) is 0 Å². The van der Waals surface area contributed by atoms with E-state index in [1.54, 1.807) is 25.1 Å². The predicted octanol–water partition coefficient (Wildman–Crippen LogP) is 4.87. The van der Waals surface area contributed by atoms with Crippen molar-refractivity contribution in [3.8, 4) is 0 Å². The van der Waals surface area contributed by atoms with Crippen molar-refractivity contribution in [1.82, 2.24) is 9.76 Å². The first-order valence-corrected chi connectivity index (χ1v) is 11.9. The first kappa shape index (κ1) is 19.6. The van der Waals surface area contributed by atoms with Gasteiger partial charge in [0.15, 0.2) is 0 Å². The lowest BCUT2D eigenvalue weighted by Crippen LogP contribution is -2.26. The predicted molar refractivity (Wildman–Crippen MR) is 104 cm³/mol. The molecule has 0 amide bonds. The monoisotopic (exact) mass is 359 g/mol. The number of nitrogens with one attached hydrogen (secondary N) is 1. The second-order valence-electron chi connectivity index (χ2n) is 4.80. The Morgan fingerprint density at radius 3 is 2.64 bits per heavy atom.